The van der Waals surface area contributed by atoms with Gasteiger partial charge in [0, 0.05) is 6.54 Å². The van der Waals surface area contributed by atoms with Gasteiger partial charge in [-0.3, -0.25) is 0 Å². The van der Waals surface area contributed by atoms with E-state index in [2.05, 4.69) is 0 Å². The van der Waals surface area contributed by atoms with Crippen molar-refractivity contribution < 1.29 is 17.6 Å². The van der Waals surface area contributed by atoms with Crippen LogP contribution in [0.3, 0.4) is 0 Å². The summed E-state index contributed by atoms with van der Waals surface area (Å²) in [6.07, 6.45) is -4.44. The highest BCUT2D eigenvalue weighted by molar-refractivity contribution is 5.38. The van der Waals surface area contributed by atoms with Gasteiger partial charge < -0.3 is 5.73 Å². The molecular weight excluding hydrogens is 270 g/mol. The van der Waals surface area contributed by atoms with Gasteiger partial charge in [0.05, 0.1) is 5.56 Å². The highest BCUT2D eigenvalue weighted by Gasteiger charge is 2.35. The molecule has 2 rings (SSSR count). The van der Waals surface area contributed by atoms with E-state index < -0.39 is 17.4 Å². The molecule has 5 heteroatoms. The molecule has 1 nitrogen and oxygen atoms in total. The number of hydrogen-bond acceptors (Lipinski definition) is 1. The van der Waals surface area contributed by atoms with Crippen LogP contribution in [0.15, 0.2) is 54.6 Å². The first kappa shape index (κ1) is 14.5. The molecule has 1 unspecified atom stereocenters. The Bertz CT molecular complexity index is 563. The third-order valence-corrected chi connectivity index (χ3v) is 3.18. The first-order valence-electron chi connectivity index (χ1n) is 6.00. The predicted molar refractivity (Wildman–Crippen MR) is 68.8 cm³/mol. The van der Waals surface area contributed by atoms with Gasteiger partial charge in [0.1, 0.15) is 0 Å². The molecule has 0 bridgehead atoms. The number of alkyl halides is 4. The molecule has 0 aliphatic rings. The molecule has 0 fully saturated rings. The Morgan fingerprint density at radius 2 is 1.15 bits per heavy atom. The van der Waals surface area contributed by atoms with Crippen LogP contribution < -0.4 is 5.73 Å². The lowest BCUT2D eigenvalue weighted by atomic mass is 9.88. The summed E-state index contributed by atoms with van der Waals surface area (Å²) in [7, 11) is 0. The van der Waals surface area contributed by atoms with E-state index >= 15 is 4.39 Å². The smallest absolute Gasteiger partial charge is 0.327 e. The standard InChI is InChI=1S/C15H13F4N/c16-14(10-20,11-4-2-1-3-5-11)12-6-8-13(9-7-12)15(17,18)19/h1-9H,10,20H2. The Labute approximate surface area is 114 Å². The fraction of sp³-hybridized carbons (Fsp3) is 0.200. The molecule has 2 aromatic rings. The summed E-state index contributed by atoms with van der Waals surface area (Å²) in [4.78, 5) is 0. The average Bonchev–Trinajstić information content (AvgIpc) is 2.46. The van der Waals surface area contributed by atoms with Gasteiger partial charge >= 0.3 is 6.18 Å². The largest absolute Gasteiger partial charge is 0.416 e. The molecule has 1 atom stereocenters. The maximum Gasteiger partial charge on any atom is 0.416 e. The summed E-state index contributed by atoms with van der Waals surface area (Å²) in [6, 6.07) is 12.1. The van der Waals surface area contributed by atoms with Crippen molar-refractivity contribution in [1.82, 2.24) is 0 Å². The predicted octanol–water partition coefficient (Wildman–Crippen LogP) is 3.88. The van der Waals surface area contributed by atoms with Gasteiger partial charge in [-0.05, 0) is 23.3 Å². The molecule has 0 amide bonds. The molecule has 0 saturated carbocycles. The summed E-state index contributed by atoms with van der Waals surface area (Å²) in [5.41, 5.74) is 3.12. The Balaban J connectivity index is 2.43. The Hall–Kier alpha value is -1.88. The third kappa shape index (κ3) is 2.67. The zero-order valence-corrected chi connectivity index (χ0v) is 10.5. The van der Waals surface area contributed by atoms with Crippen molar-refractivity contribution in [2.45, 2.75) is 11.8 Å². The van der Waals surface area contributed by atoms with Crippen LogP contribution in [-0.2, 0) is 11.8 Å². The van der Waals surface area contributed by atoms with Crippen LogP contribution in [0.1, 0.15) is 16.7 Å². The van der Waals surface area contributed by atoms with E-state index in [1.165, 1.54) is 0 Å². The SMILES string of the molecule is NCC(F)(c1ccccc1)c1ccc(C(F)(F)F)cc1. The molecule has 0 aliphatic heterocycles. The lowest BCUT2D eigenvalue weighted by Gasteiger charge is -2.25. The van der Waals surface area contributed by atoms with Crippen molar-refractivity contribution in [3.63, 3.8) is 0 Å². The molecular formula is C15H13F4N. The van der Waals surface area contributed by atoms with E-state index in [0.717, 1.165) is 24.3 Å². The summed E-state index contributed by atoms with van der Waals surface area (Å²) in [5.74, 6) is 0. The maximum atomic E-state index is 15.0. The second kappa shape index (κ2) is 5.25. The van der Waals surface area contributed by atoms with Crippen molar-refractivity contribution >= 4 is 0 Å². The molecule has 2 N–H and O–H groups in total. The van der Waals surface area contributed by atoms with Crippen molar-refractivity contribution in [2.24, 2.45) is 5.73 Å². The van der Waals surface area contributed by atoms with Crippen LogP contribution in [0, 0.1) is 0 Å². The summed E-state index contributed by atoms with van der Waals surface area (Å²) >= 11 is 0. The zero-order chi connectivity index (χ0) is 14.8. The van der Waals surface area contributed by atoms with E-state index in [9.17, 15) is 13.2 Å². The topological polar surface area (TPSA) is 26.0 Å². The van der Waals surface area contributed by atoms with Gasteiger partial charge in [0.2, 0.25) is 0 Å². The second-order valence-corrected chi connectivity index (χ2v) is 4.45. The van der Waals surface area contributed by atoms with Gasteiger partial charge in [-0.15, -0.1) is 0 Å². The van der Waals surface area contributed by atoms with Crippen LogP contribution in [0.25, 0.3) is 0 Å². The van der Waals surface area contributed by atoms with Crippen LogP contribution in [0.5, 0.6) is 0 Å². The minimum absolute atomic E-state index is 0.110. The monoisotopic (exact) mass is 283 g/mol. The molecule has 2 aromatic carbocycles. The van der Waals surface area contributed by atoms with Crippen LogP contribution in [0.2, 0.25) is 0 Å². The van der Waals surface area contributed by atoms with Crippen LogP contribution >= 0.6 is 0 Å². The van der Waals surface area contributed by atoms with Gasteiger partial charge in [0.25, 0.3) is 0 Å². The molecule has 0 radical (unpaired) electrons. The fourth-order valence-corrected chi connectivity index (χ4v) is 2.03. The van der Waals surface area contributed by atoms with Crippen molar-refractivity contribution in [3.8, 4) is 0 Å². The number of nitrogens with two attached hydrogens (primary N) is 1. The van der Waals surface area contributed by atoms with Gasteiger partial charge in [-0.2, -0.15) is 13.2 Å². The van der Waals surface area contributed by atoms with Crippen LogP contribution in [-0.4, -0.2) is 6.54 Å². The quantitative estimate of drug-likeness (QED) is 0.850. The Morgan fingerprint density at radius 3 is 1.60 bits per heavy atom. The highest BCUT2D eigenvalue weighted by atomic mass is 19.4. The average molecular weight is 283 g/mol. The summed E-state index contributed by atoms with van der Waals surface area (Å²) in [5, 5.41) is 0. The third-order valence-electron chi connectivity index (χ3n) is 3.18. The van der Waals surface area contributed by atoms with Crippen molar-refractivity contribution in [2.75, 3.05) is 6.54 Å². The molecule has 20 heavy (non-hydrogen) atoms. The Morgan fingerprint density at radius 1 is 0.700 bits per heavy atom. The van der Waals surface area contributed by atoms with E-state index in [-0.39, 0.29) is 12.1 Å². The minimum Gasteiger partial charge on any atom is -0.327 e. The lowest BCUT2D eigenvalue weighted by molar-refractivity contribution is -0.137. The number of halogens is 4. The molecule has 0 aromatic heterocycles. The molecule has 0 aliphatic carbocycles. The number of hydrogen-bond donors (Lipinski definition) is 1. The first-order chi connectivity index (χ1) is 9.38. The number of benzene rings is 2. The second-order valence-electron chi connectivity index (χ2n) is 4.45. The van der Waals surface area contributed by atoms with Gasteiger partial charge in [-0.25, -0.2) is 4.39 Å². The number of rotatable bonds is 3. The summed E-state index contributed by atoms with van der Waals surface area (Å²) in [6.45, 7) is -0.345. The molecule has 0 saturated heterocycles. The van der Waals surface area contributed by atoms with Gasteiger partial charge in [-0.1, -0.05) is 42.5 Å². The van der Waals surface area contributed by atoms with Crippen molar-refractivity contribution in [1.29, 1.82) is 0 Å². The normalized spacial score (nSPS) is 14.8. The molecule has 106 valence electrons. The van der Waals surface area contributed by atoms with E-state index in [4.69, 9.17) is 5.73 Å². The fourth-order valence-electron chi connectivity index (χ4n) is 2.03. The van der Waals surface area contributed by atoms with E-state index in [0.29, 0.717) is 5.56 Å². The molecule has 0 heterocycles. The molecule has 0 spiro atoms. The van der Waals surface area contributed by atoms with Crippen LogP contribution in [0.4, 0.5) is 17.6 Å². The van der Waals surface area contributed by atoms with E-state index in [1.807, 2.05) is 0 Å². The minimum atomic E-state index is -4.44. The Kier molecular flexibility index (Phi) is 3.81. The maximum absolute atomic E-state index is 15.0. The van der Waals surface area contributed by atoms with Gasteiger partial charge in [0.15, 0.2) is 5.67 Å². The summed E-state index contributed by atoms with van der Waals surface area (Å²) < 4.78 is 52.5. The highest BCUT2D eigenvalue weighted by Crippen LogP contribution is 2.35. The van der Waals surface area contributed by atoms with E-state index in [1.54, 1.807) is 30.3 Å². The lowest BCUT2D eigenvalue weighted by Crippen LogP contribution is -2.31. The zero-order valence-electron chi connectivity index (χ0n) is 10.5. The van der Waals surface area contributed by atoms with Crippen molar-refractivity contribution in [3.05, 3.63) is 71.3 Å². The first-order valence-corrected chi connectivity index (χ1v) is 6.00.